The van der Waals surface area contributed by atoms with Crippen LogP contribution in [0.25, 0.3) is 167 Å². The normalized spacial score (nSPS) is 15.2. The van der Waals surface area contributed by atoms with Gasteiger partial charge in [0.2, 0.25) is 57.0 Å². The molecule has 1 unspecified atom stereocenters. The van der Waals surface area contributed by atoms with Crippen LogP contribution in [-0.2, 0) is 53.5 Å². The maximum absolute atomic E-state index is 8.26. The summed E-state index contributed by atoms with van der Waals surface area (Å²) in [6.45, 7) is 21.4. The third-order valence-corrected chi connectivity index (χ3v) is 24.6. The largest absolute Gasteiger partial charge is 0.437 e. The first-order valence-corrected chi connectivity index (χ1v) is 43.4. The van der Waals surface area contributed by atoms with Gasteiger partial charge in [0.05, 0.1) is 27.8 Å². The number of aromatic nitrogens is 10. The van der Waals surface area contributed by atoms with E-state index in [4.69, 9.17) is 54.5 Å². The Hall–Kier alpha value is -13.4. The Labute approximate surface area is 786 Å². The monoisotopic (exact) mass is 1730 g/mol. The molecule has 15 aromatic heterocycles. The average molecular weight is 1730 g/mol. The van der Waals surface area contributed by atoms with E-state index in [9.17, 15) is 0 Å². The Bertz CT molecular complexity index is 8570. The van der Waals surface area contributed by atoms with Crippen LogP contribution in [0.5, 0.6) is 0 Å². The molecule has 0 aliphatic rings. The van der Waals surface area contributed by atoms with Gasteiger partial charge in [-0.2, -0.15) is 0 Å². The zero-order valence-corrected chi connectivity index (χ0v) is 77.7. The van der Waals surface area contributed by atoms with E-state index in [0.717, 1.165) is 195 Å². The molecule has 0 bridgehead atoms. The van der Waals surface area contributed by atoms with Crippen molar-refractivity contribution in [3.8, 4) is 56.3 Å². The van der Waals surface area contributed by atoms with Crippen molar-refractivity contribution < 1.29 is 72.3 Å². The van der Waals surface area contributed by atoms with E-state index in [1.165, 1.54) is 6.92 Å². The molecule has 20 aromatic rings. The van der Waals surface area contributed by atoms with Crippen molar-refractivity contribution in [2.45, 2.75) is 190 Å². The predicted octanol–water partition coefficient (Wildman–Crippen LogP) is 26.5. The van der Waals surface area contributed by atoms with Crippen molar-refractivity contribution in [1.82, 2.24) is 24.9 Å². The molecule has 0 spiro atoms. The highest BCUT2D eigenvalue weighted by molar-refractivity contribution is 6.13. The maximum Gasteiger partial charge on any atom is 0.227 e. The number of rotatable bonds is 9. The predicted molar refractivity (Wildman–Crippen MR) is 527 cm³/mol. The number of furan rings is 5. The van der Waals surface area contributed by atoms with Crippen LogP contribution in [0.15, 0.2) is 205 Å². The van der Waals surface area contributed by atoms with Crippen molar-refractivity contribution in [1.29, 1.82) is 0 Å². The SMILES string of the molecule is [2H]C([2H])([2H])c1c[n+](C)c(-c2c(C)ccc3c2oc2nc(C(C)(C)C)ccc23)cc1C.[2H]C([2H])([2H])c1c[n+](C)c(-c2c(C)ccc3c2oc2nc(C([2H])(C)C)ccc23)cc1C.[2H]C([2H])([2H])c1c[n+](C)c(-c2c(C)ccc3c2oc2nc(C)ccc23)cc1C.[2H]C([2H])([2H])c1c[n+](C)c(-c2c(C)ccc3c2oc2nc(CC([2H])(C)C([2H])([2H])[2H])ccc23)cc1C.[2H]C([2H])([2H])c1c[n+](C)c(-c2c(C)ccc3c2oc2nc(CC)ccc23)cc1C. The molecule has 0 N–H and O–H groups in total. The van der Waals surface area contributed by atoms with E-state index in [1.807, 2.05) is 214 Å². The second kappa shape index (κ2) is 35.0. The van der Waals surface area contributed by atoms with E-state index < -0.39 is 52.9 Å². The summed E-state index contributed by atoms with van der Waals surface area (Å²) in [7, 11) is 9.28. The van der Waals surface area contributed by atoms with Crippen LogP contribution in [0.4, 0.5) is 0 Å². The standard InChI is InChI=1S/2C24H27N2O.C23H25N2O.C22H23N2O.C21H21N2O/c1-14-8-9-17-18-10-11-20(24(4,5)6)25-23(18)27-22(17)21(14)19-12-15(2)16(3)13-26(19)7;1-14(2)11-18-8-10-20-19-9-7-15(3)22(23(19)27-24(20)25-18)21-12-16(4)17(5)13-26(21)6;1-13(2)19-10-9-18-17-8-7-14(3)21(22(17)26-23(18)24-19)20-11-15(4)16(5)12-25(20)6;1-6-16-8-10-18-17-9-7-13(2)20(21(17)25-22(18)23-16)19-11-14(3)15(4)12-24(19)5;1-12-6-8-16-17-9-7-15(4)22-21(17)24-20(16)19(12)18-10-13(2)14(3)11-23(18)5/h8-13H,1-7H3;7-10,12-14H,11H2,1-6H3;7-13H,1-6H3;7-12H,6H2,1-5H3;6-11H,1-5H3/q5*+1/i3D3;1D3,5D3,14D;5D3,13D;4D3;3D3. The highest BCUT2D eigenvalue weighted by Gasteiger charge is 2.30. The summed E-state index contributed by atoms with van der Waals surface area (Å²) >= 11 is 0. The third kappa shape index (κ3) is 17.0. The summed E-state index contributed by atoms with van der Waals surface area (Å²) in [6, 6.07) is 49.7. The number of nitrogens with zero attached hydrogens (tertiary/aromatic N) is 10. The molecule has 0 amide bonds. The van der Waals surface area contributed by atoms with E-state index in [0.29, 0.717) is 90.1 Å². The number of aryl methyl sites for hydroxylation is 22. The maximum atomic E-state index is 8.26. The second-order valence-electron chi connectivity index (χ2n) is 35.8. The van der Waals surface area contributed by atoms with Gasteiger partial charge in [0.25, 0.3) is 0 Å². The van der Waals surface area contributed by atoms with Crippen LogP contribution in [0.3, 0.4) is 0 Å². The zero-order valence-electron chi connectivity index (χ0n) is 97.7. The molecule has 0 aliphatic heterocycles. The lowest BCUT2D eigenvalue weighted by Crippen LogP contribution is -2.31. The zero-order chi connectivity index (χ0) is 109. The summed E-state index contributed by atoms with van der Waals surface area (Å²) in [5.74, 6) is -2.49. The van der Waals surface area contributed by atoms with Crippen molar-refractivity contribution in [2.75, 3.05) is 0 Å². The van der Waals surface area contributed by atoms with Gasteiger partial charge in [-0.3, -0.25) is 0 Å². The topological polar surface area (TPSA) is 150 Å². The molecule has 5 aromatic carbocycles. The Balaban J connectivity index is 0.000000133. The van der Waals surface area contributed by atoms with Crippen LogP contribution < -0.4 is 22.8 Å². The molecule has 654 valence electrons. The summed E-state index contributed by atoms with van der Waals surface area (Å²) in [5, 5.41) is 9.49. The highest BCUT2D eigenvalue weighted by Crippen LogP contribution is 2.44. The number of hydrogen-bond acceptors (Lipinski definition) is 10. The first-order chi connectivity index (χ1) is 69.2. The Morgan fingerprint density at radius 1 is 0.310 bits per heavy atom. The van der Waals surface area contributed by atoms with Gasteiger partial charge in [0.1, 0.15) is 35.2 Å². The van der Waals surface area contributed by atoms with Gasteiger partial charge in [0, 0.05) is 173 Å². The van der Waals surface area contributed by atoms with Crippen molar-refractivity contribution in [3.05, 3.63) is 295 Å². The minimum absolute atomic E-state index is 0.0346. The first kappa shape index (κ1) is 66.9. The van der Waals surface area contributed by atoms with Gasteiger partial charge in [-0.15, -0.1) is 0 Å². The Morgan fingerprint density at radius 2 is 0.581 bits per heavy atom. The van der Waals surface area contributed by atoms with E-state index in [-0.39, 0.29) is 11.8 Å². The number of fused-ring (bicyclic) bond motifs is 15. The number of pyridine rings is 10. The number of hydrogen-bond donors (Lipinski definition) is 0. The van der Waals surface area contributed by atoms with E-state index >= 15 is 0 Å². The molecule has 15 nitrogen and oxygen atoms in total. The quantitative estimate of drug-likeness (QED) is 0.128. The summed E-state index contributed by atoms with van der Waals surface area (Å²) < 4.78 is 196. The van der Waals surface area contributed by atoms with Crippen LogP contribution >= 0.6 is 0 Å². The summed E-state index contributed by atoms with van der Waals surface area (Å²) in [5.41, 5.74) is 30.0. The molecule has 129 heavy (non-hydrogen) atoms. The molecular formula is C114H123N10O5+5. The fourth-order valence-corrected chi connectivity index (χ4v) is 17.1. The average Bonchev–Trinajstić information content (AvgIpc) is 1.57. The van der Waals surface area contributed by atoms with Crippen molar-refractivity contribution >= 4 is 110 Å². The Morgan fingerprint density at radius 3 is 0.884 bits per heavy atom. The minimum Gasteiger partial charge on any atom is -0.437 e. The lowest BCUT2D eigenvalue weighted by Gasteiger charge is -2.16. The smallest absolute Gasteiger partial charge is 0.227 e. The van der Waals surface area contributed by atoms with Gasteiger partial charge in [-0.05, 0) is 251 Å². The highest BCUT2D eigenvalue weighted by atomic mass is 16.4. The van der Waals surface area contributed by atoms with Gasteiger partial charge in [0.15, 0.2) is 58.9 Å². The van der Waals surface area contributed by atoms with Gasteiger partial charge < -0.3 is 22.1 Å². The first-order valence-electron chi connectivity index (χ1n) is 53.4. The van der Waals surface area contributed by atoms with E-state index in [2.05, 4.69) is 102 Å². The fourth-order valence-electron chi connectivity index (χ4n) is 17.1. The summed E-state index contributed by atoms with van der Waals surface area (Å²) in [4.78, 5) is 23.1. The van der Waals surface area contributed by atoms with Gasteiger partial charge >= 0.3 is 0 Å². The molecule has 0 radical (unpaired) electrons. The van der Waals surface area contributed by atoms with Gasteiger partial charge in [-0.25, -0.2) is 47.8 Å². The second-order valence-corrected chi connectivity index (χ2v) is 35.8. The van der Waals surface area contributed by atoms with Crippen LogP contribution in [0, 0.1) is 116 Å². The van der Waals surface area contributed by atoms with Crippen molar-refractivity contribution in [3.63, 3.8) is 0 Å². The third-order valence-electron chi connectivity index (χ3n) is 24.6. The van der Waals surface area contributed by atoms with E-state index in [1.54, 1.807) is 62.4 Å². The van der Waals surface area contributed by atoms with Crippen LogP contribution in [0.2, 0.25) is 0 Å². The molecule has 15 heterocycles. The molecule has 0 aliphatic carbocycles. The fraction of sp³-hybridized carbons (Fsp3) is 0.298. The van der Waals surface area contributed by atoms with Crippen molar-refractivity contribution in [2.24, 2.45) is 41.1 Å². The molecule has 1 atom stereocenters. The minimum atomic E-state index is -2.44. The van der Waals surface area contributed by atoms with Crippen LogP contribution in [0.1, 0.15) is 201 Å². The lowest BCUT2D eigenvalue weighted by molar-refractivity contribution is -0.660. The molecule has 0 saturated heterocycles. The van der Waals surface area contributed by atoms with Crippen LogP contribution in [-0.4, -0.2) is 24.9 Å². The Kier molecular flexibility index (Phi) is 18.2. The molecule has 0 fully saturated rings. The molecule has 20 rings (SSSR count). The number of benzene rings is 5. The molecule has 15 heteroatoms. The summed E-state index contributed by atoms with van der Waals surface area (Å²) in [6.07, 6.45) is 9.23. The molecule has 0 saturated carbocycles. The lowest BCUT2D eigenvalue weighted by atomic mass is 9.91. The molecular weight excluding hydrogens is 1590 g/mol. The van der Waals surface area contributed by atoms with Gasteiger partial charge in [-0.1, -0.05) is 116 Å².